The average Bonchev–Trinajstić information content (AvgIpc) is 3.26. The van der Waals surface area contributed by atoms with Gasteiger partial charge in [0.25, 0.3) is 0 Å². The van der Waals surface area contributed by atoms with Gasteiger partial charge in [0.15, 0.2) is 21.5 Å². The first-order valence-corrected chi connectivity index (χ1v) is 10.7. The molecular formula is C17H17N9O2S. The molecule has 148 valence electrons. The molecule has 0 bridgehead atoms. The molecule has 0 aliphatic heterocycles. The van der Waals surface area contributed by atoms with Crippen LogP contribution in [0.5, 0.6) is 0 Å². The topological polar surface area (TPSA) is 147 Å². The maximum absolute atomic E-state index is 12.2. The number of sulfone groups is 1. The molecule has 0 amide bonds. The van der Waals surface area contributed by atoms with Crippen molar-refractivity contribution in [3.8, 4) is 17.3 Å². The Morgan fingerprint density at radius 2 is 1.93 bits per heavy atom. The Morgan fingerprint density at radius 3 is 2.66 bits per heavy atom. The minimum atomic E-state index is -3.31. The van der Waals surface area contributed by atoms with E-state index >= 15 is 0 Å². The summed E-state index contributed by atoms with van der Waals surface area (Å²) in [7, 11) is -1.64. The highest BCUT2D eigenvalue weighted by Gasteiger charge is 2.57. The molecule has 0 spiro atoms. The van der Waals surface area contributed by atoms with Gasteiger partial charge < -0.3 is 5.73 Å². The van der Waals surface area contributed by atoms with E-state index in [2.05, 4.69) is 30.4 Å². The Morgan fingerprint density at radius 1 is 1.17 bits per heavy atom. The summed E-state index contributed by atoms with van der Waals surface area (Å²) in [5.74, 6) is 1.15. The molecule has 12 heteroatoms. The van der Waals surface area contributed by atoms with Crippen LogP contribution in [0, 0.1) is 0 Å². The van der Waals surface area contributed by atoms with E-state index in [-0.39, 0.29) is 11.6 Å². The number of nitrogens with two attached hydrogens (primary N) is 1. The predicted octanol–water partition coefficient (Wildman–Crippen LogP) is 0.622. The second kappa shape index (κ2) is 5.80. The summed E-state index contributed by atoms with van der Waals surface area (Å²) < 4.78 is 26.5. The van der Waals surface area contributed by atoms with Gasteiger partial charge in [0, 0.05) is 13.3 Å². The van der Waals surface area contributed by atoms with Gasteiger partial charge in [0.1, 0.15) is 21.8 Å². The first-order chi connectivity index (χ1) is 13.8. The van der Waals surface area contributed by atoms with E-state index < -0.39 is 14.6 Å². The fourth-order valence-corrected chi connectivity index (χ4v) is 4.79. The lowest BCUT2D eigenvalue weighted by Crippen LogP contribution is -2.23. The normalized spacial score (nSPS) is 15.7. The quantitative estimate of drug-likeness (QED) is 0.510. The standard InChI is InChI=1S/C17H17N9O2S/c1-25-16(17(7-8-17)29(2,27)28)21-14(23-25)11-9-19-13(18)15(20-11)26-12-6-4-3-5-10(12)22-24-26/h3-6,9H,7-8H2,1-2H3,(H2,18,19). The van der Waals surface area contributed by atoms with Crippen molar-refractivity contribution in [2.75, 3.05) is 12.0 Å². The summed E-state index contributed by atoms with van der Waals surface area (Å²) in [6.07, 6.45) is 3.74. The Bertz CT molecular complexity index is 1370. The molecule has 29 heavy (non-hydrogen) atoms. The van der Waals surface area contributed by atoms with E-state index in [1.54, 1.807) is 7.05 Å². The fourth-order valence-electron chi connectivity index (χ4n) is 3.44. The third-order valence-electron chi connectivity index (χ3n) is 5.15. The summed E-state index contributed by atoms with van der Waals surface area (Å²) in [6.45, 7) is 0. The SMILES string of the molecule is Cn1nc(-c2cnc(N)c(-n3nnc4ccccc43)n2)nc1C1(S(C)(=O)=O)CC1. The number of hydrogen-bond acceptors (Lipinski definition) is 9. The van der Waals surface area contributed by atoms with Crippen molar-refractivity contribution in [2.24, 2.45) is 7.05 Å². The van der Waals surface area contributed by atoms with Crippen molar-refractivity contribution in [1.82, 2.24) is 39.7 Å². The van der Waals surface area contributed by atoms with Crippen LogP contribution in [0.15, 0.2) is 30.5 Å². The number of hydrogen-bond donors (Lipinski definition) is 1. The fraction of sp³-hybridized carbons (Fsp3) is 0.294. The molecule has 0 atom stereocenters. The lowest BCUT2D eigenvalue weighted by Gasteiger charge is -2.10. The van der Waals surface area contributed by atoms with Gasteiger partial charge in [-0.3, -0.25) is 4.68 Å². The van der Waals surface area contributed by atoms with E-state index in [0.717, 1.165) is 5.52 Å². The van der Waals surface area contributed by atoms with E-state index in [0.29, 0.717) is 35.7 Å². The molecule has 3 heterocycles. The summed E-state index contributed by atoms with van der Waals surface area (Å²) in [4.78, 5) is 13.2. The minimum absolute atomic E-state index is 0.176. The number of nitrogens with zero attached hydrogens (tertiary/aromatic N) is 8. The van der Waals surface area contributed by atoms with Crippen molar-refractivity contribution in [3.63, 3.8) is 0 Å². The van der Waals surface area contributed by atoms with E-state index in [1.807, 2.05) is 24.3 Å². The van der Waals surface area contributed by atoms with Crippen LogP contribution in [0.3, 0.4) is 0 Å². The van der Waals surface area contributed by atoms with Gasteiger partial charge in [-0.15, -0.1) is 10.2 Å². The lowest BCUT2D eigenvalue weighted by molar-refractivity contribution is 0.573. The van der Waals surface area contributed by atoms with Gasteiger partial charge in [-0.2, -0.15) is 4.68 Å². The highest BCUT2D eigenvalue weighted by atomic mass is 32.2. The van der Waals surface area contributed by atoms with Crippen molar-refractivity contribution in [3.05, 3.63) is 36.3 Å². The number of aromatic nitrogens is 8. The third kappa shape index (κ3) is 2.59. The Balaban J connectivity index is 1.63. The maximum atomic E-state index is 12.2. The number of para-hydroxylation sites is 1. The van der Waals surface area contributed by atoms with Gasteiger partial charge in [0.2, 0.25) is 5.82 Å². The zero-order valence-corrected chi connectivity index (χ0v) is 16.5. The molecule has 3 aromatic heterocycles. The molecule has 5 rings (SSSR count). The Labute approximate surface area is 165 Å². The first kappa shape index (κ1) is 17.7. The van der Waals surface area contributed by atoms with Crippen LogP contribution in [0.25, 0.3) is 28.4 Å². The van der Waals surface area contributed by atoms with Crippen molar-refractivity contribution < 1.29 is 8.42 Å². The van der Waals surface area contributed by atoms with Crippen LogP contribution < -0.4 is 5.73 Å². The molecule has 1 fully saturated rings. The van der Waals surface area contributed by atoms with Gasteiger partial charge in [-0.25, -0.2) is 23.4 Å². The zero-order chi connectivity index (χ0) is 20.4. The monoisotopic (exact) mass is 411 g/mol. The summed E-state index contributed by atoms with van der Waals surface area (Å²) in [5.41, 5.74) is 7.82. The number of nitrogen functional groups attached to an aromatic ring is 1. The number of rotatable bonds is 4. The van der Waals surface area contributed by atoms with Crippen molar-refractivity contribution in [1.29, 1.82) is 0 Å². The molecule has 1 aliphatic rings. The minimum Gasteiger partial charge on any atom is -0.381 e. The van der Waals surface area contributed by atoms with Crippen LogP contribution in [0.2, 0.25) is 0 Å². The molecule has 1 saturated carbocycles. The number of anilines is 1. The van der Waals surface area contributed by atoms with Gasteiger partial charge in [-0.1, -0.05) is 17.3 Å². The molecule has 2 N–H and O–H groups in total. The van der Waals surface area contributed by atoms with Crippen LogP contribution in [-0.2, 0) is 21.6 Å². The molecule has 1 aromatic carbocycles. The molecule has 1 aliphatic carbocycles. The molecule has 4 aromatic rings. The van der Waals surface area contributed by atoms with Crippen LogP contribution in [0.4, 0.5) is 5.82 Å². The second-order valence-corrected chi connectivity index (χ2v) is 9.43. The first-order valence-electron chi connectivity index (χ1n) is 8.85. The van der Waals surface area contributed by atoms with E-state index in [4.69, 9.17) is 5.73 Å². The van der Waals surface area contributed by atoms with Gasteiger partial charge in [0.05, 0.1) is 11.7 Å². The third-order valence-corrected chi connectivity index (χ3v) is 7.16. The summed E-state index contributed by atoms with van der Waals surface area (Å²) in [6, 6.07) is 7.41. The molecule has 0 unspecified atom stereocenters. The zero-order valence-electron chi connectivity index (χ0n) is 15.7. The van der Waals surface area contributed by atoms with Crippen LogP contribution in [0.1, 0.15) is 18.7 Å². The molecule has 0 saturated heterocycles. The van der Waals surface area contributed by atoms with Gasteiger partial charge in [-0.05, 0) is 25.0 Å². The molecular weight excluding hydrogens is 394 g/mol. The Hall–Kier alpha value is -3.41. The highest BCUT2D eigenvalue weighted by Crippen LogP contribution is 2.51. The second-order valence-electron chi connectivity index (χ2n) is 7.10. The van der Waals surface area contributed by atoms with Crippen molar-refractivity contribution in [2.45, 2.75) is 17.6 Å². The van der Waals surface area contributed by atoms with E-state index in [9.17, 15) is 8.42 Å². The largest absolute Gasteiger partial charge is 0.381 e. The highest BCUT2D eigenvalue weighted by molar-refractivity contribution is 7.91. The summed E-state index contributed by atoms with van der Waals surface area (Å²) >= 11 is 0. The summed E-state index contributed by atoms with van der Waals surface area (Å²) in [5, 5.41) is 12.6. The predicted molar refractivity (Wildman–Crippen MR) is 105 cm³/mol. The smallest absolute Gasteiger partial charge is 0.201 e. The molecule has 0 radical (unpaired) electrons. The van der Waals surface area contributed by atoms with Crippen molar-refractivity contribution >= 4 is 26.7 Å². The van der Waals surface area contributed by atoms with Crippen LogP contribution >= 0.6 is 0 Å². The van der Waals surface area contributed by atoms with Crippen LogP contribution in [-0.4, -0.2) is 54.4 Å². The van der Waals surface area contributed by atoms with E-state index in [1.165, 1.54) is 21.8 Å². The lowest BCUT2D eigenvalue weighted by atomic mass is 10.3. The number of benzene rings is 1. The molecule has 11 nitrogen and oxygen atoms in total. The Kier molecular flexibility index (Phi) is 3.53. The number of aryl methyl sites for hydroxylation is 1. The van der Waals surface area contributed by atoms with Gasteiger partial charge >= 0.3 is 0 Å². The average molecular weight is 411 g/mol. The number of fused-ring (bicyclic) bond motifs is 1. The maximum Gasteiger partial charge on any atom is 0.201 e.